The van der Waals surface area contributed by atoms with Crippen molar-refractivity contribution < 1.29 is 13.2 Å². The van der Waals surface area contributed by atoms with Crippen molar-refractivity contribution in [1.82, 2.24) is 10.2 Å². The summed E-state index contributed by atoms with van der Waals surface area (Å²) in [5.41, 5.74) is 6.59. The number of rotatable bonds is 11. The molecule has 7 heteroatoms. The molecule has 0 saturated carbocycles. The van der Waals surface area contributed by atoms with E-state index < -0.39 is 15.1 Å². The van der Waals surface area contributed by atoms with Crippen LogP contribution in [0.2, 0.25) is 0 Å². The Hall–Kier alpha value is -1.60. The van der Waals surface area contributed by atoms with Gasteiger partial charge in [-0.1, -0.05) is 51.2 Å². The summed E-state index contributed by atoms with van der Waals surface area (Å²) in [7, 11) is -3.36. The highest BCUT2D eigenvalue weighted by molar-refractivity contribution is 7.92. The predicted octanol–water partition coefficient (Wildman–Crippen LogP) is 3.50. The number of hydrogen-bond donors (Lipinski definition) is 2. The number of nitrogens with one attached hydrogen (secondary N) is 1. The maximum absolute atomic E-state index is 12.9. The average Bonchev–Trinajstić information content (AvgIpc) is 2.73. The van der Waals surface area contributed by atoms with Gasteiger partial charge in [0.05, 0.1) is 10.1 Å². The quantitative estimate of drug-likeness (QED) is 0.533. The molecule has 0 aromatic heterocycles. The number of carbonyl (C=O) groups is 1. The molecular formula is C22H37N3O3S. The molecule has 1 aromatic rings. The summed E-state index contributed by atoms with van der Waals surface area (Å²) < 4.78 is 25.8. The zero-order chi connectivity index (χ0) is 21.1. The second-order valence-electron chi connectivity index (χ2n) is 7.91. The van der Waals surface area contributed by atoms with Gasteiger partial charge in [-0.2, -0.15) is 0 Å². The minimum atomic E-state index is -3.36. The lowest BCUT2D eigenvalue weighted by atomic mass is 10.1. The van der Waals surface area contributed by atoms with Gasteiger partial charge in [0.2, 0.25) is 0 Å². The van der Waals surface area contributed by atoms with E-state index in [1.807, 2.05) is 12.1 Å². The largest absolute Gasteiger partial charge is 0.338 e. The molecule has 2 amide bonds. The normalized spacial score (nSPS) is 15.4. The van der Waals surface area contributed by atoms with Crippen molar-refractivity contribution in [1.29, 1.82) is 0 Å². The molecule has 1 aliphatic heterocycles. The Morgan fingerprint density at radius 2 is 1.69 bits per heavy atom. The summed E-state index contributed by atoms with van der Waals surface area (Å²) >= 11 is 0. The van der Waals surface area contributed by atoms with Gasteiger partial charge in [-0.3, -0.25) is 0 Å². The third-order valence-corrected chi connectivity index (χ3v) is 7.94. The van der Waals surface area contributed by atoms with Gasteiger partial charge in [-0.25, -0.2) is 13.2 Å². The molecule has 1 heterocycles. The molecule has 1 aliphatic rings. The first-order chi connectivity index (χ1) is 14.0. The minimum Gasteiger partial charge on any atom is -0.338 e. The Labute approximate surface area is 176 Å². The maximum Gasteiger partial charge on any atom is 0.317 e. The van der Waals surface area contributed by atoms with Gasteiger partial charge in [0.15, 0.2) is 9.84 Å². The van der Waals surface area contributed by atoms with Crippen LogP contribution in [-0.2, 0) is 16.3 Å². The first-order valence-corrected chi connectivity index (χ1v) is 12.6. The molecule has 0 unspecified atom stereocenters. The van der Waals surface area contributed by atoms with Crippen molar-refractivity contribution in [2.45, 2.75) is 74.9 Å². The van der Waals surface area contributed by atoms with Crippen molar-refractivity contribution in [3.8, 4) is 0 Å². The Kier molecular flexibility index (Phi) is 9.94. The zero-order valence-electron chi connectivity index (χ0n) is 17.7. The Morgan fingerprint density at radius 1 is 1.07 bits per heavy atom. The van der Waals surface area contributed by atoms with E-state index >= 15 is 0 Å². The van der Waals surface area contributed by atoms with Gasteiger partial charge in [-0.15, -0.1) is 0 Å². The highest BCUT2D eigenvalue weighted by atomic mass is 32.2. The molecule has 0 bridgehead atoms. The molecule has 0 spiro atoms. The SMILES string of the molecule is CCCCCCCCNC(=O)N1CCC(S(=O)(=O)c2ccc(CCN)cc2)CC1. The van der Waals surface area contributed by atoms with Crippen LogP contribution in [-0.4, -0.2) is 50.8 Å². The number of likely N-dealkylation sites (tertiary alicyclic amines) is 1. The molecule has 1 saturated heterocycles. The fourth-order valence-corrected chi connectivity index (χ4v) is 5.52. The Balaban J connectivity index is 1.75. The van der Waals surface area contributed by atoms with Crippen LogP contribution in [0.5, 0.6) is 0 Å². The standard InChI is InChI=1S/C22H37N3O3S/c1-2-3-4-5-6-7-16-24-22(26)25-17-13-21(14-18-25)29(27,28)20-10-8-19(9-11-20)12-15-23/h8-11,21H,2-7,12-18,23H2,1H3,(H,24,26). The van der Waals surface area contributed by atoms with Crippen LogP contribution in [0, 0.1) is 0 Å². The number of amides is 2. The Bertz CT molecular complexity index is 711. The summed E-state index contributed by atoms with van der Waals surface area (Å²) in [6.45, 7) is 4.41. The number of nitrogens with zero attached hydrogens (tertiary/aromatic N) is 1. The van der Waals surface area contributed by atoms with E-state index in [0.29, 0.717) is 43.9 Å². The molecule has 0 aliphatic carbocycles. The first kappa shape index (κ1) is 23.7. The van der Waals surface area contributed by atoms with Crippen LogP contribution < -0.4 is 11.1 Å². The van der Waals surface area contributed by atoms with Crippen LogP contribution >= 0.6 is 0 Å². The van der Waals surface area contributed by atoms with Crippen molar-refractivity contribution >= 4 is 15.9 Å². The zero-order valence-corrected chi connectivity index (χ0v) is 18.6. The second-order valence-corrected chi connectivity index (χ2v) is 10.1. The fraction of sp³-hybridized carbons (Fsp3) is 0.682. The average molecular weight is 424 g/mol. The third-order valence-electron chi connectivity index (χ3n) is 5.66. The summed E-state index contributed by atoms with van der Waals surface area (Å²) in [6, 6.07) is 6.97. The molecule has 29 heavy (non-hydrogen) atoms. The fourth-order valence-electron chi connectivity index (χ4n) is 3.79. The van der Waals surface area contributed by atoms with Crippen LogP contribution in [0.4, 0.5) is 4.79 Å². The highest BCUT2D eigenvalue weighted by Gasteiger charge is 2.32. The van der Waals surface area contributed by atoms with Crippen LogP contribution in [0.3, 0.4) is 0 Å². The number of carbonyl (C=O) groups excluding carboxylic acids is 1. The van der Waals surface area contributed by atoms with E-state index in [9.17, 15) is 13.2 Å². The number of benzene rings is 1. The molecule has 0 atom stereocenters. The lowest BCUT2D eigenvalue weighted by molar-refractivity contribution is 0.186. The van der Waals surface area contributed by atoms with E-state index in [1.165, 1.54) is 25.7 Å². The molecule has 6 nitrogen and oxygen atoms in total. The molecule has 0 radical (unpaired) electrons. The van der Waals surface area contributed by atoms with E-state index in [0.717, 1.165) is 24.8 Å². The lowest BCUT2D eigenvalue weighted by Crippen LogP contribution is -2.47. The van der Waals surface area contributed by atoms with E-state index in [-0.39, 0.29) is 6.03 Å². The highest BCUT2D eigenvalue weighted by Crippen LogP contribution is 2.25. The van der Waals surface area contributed by atoms with E-state index in [1.54, 1.807) is 17.0 Å². The smallest absolute Gasteiger partial charge is 0.317 e. The van der Waals surface area contributed by atoms with Crippen LogP contribution in [0.25, 0.3) is 0 Å². The predicted molar refractivity (Wildman–Crippen MR) is 118 cm³/mol. The molecular weight excluding hydrogens is 386 g/mol. The summed E-state index contributed by atoms with van der Waals surface area (Å²) in [4.78, 5) is 14.4. The maximum atomic E-state index is 12.9. The molecule has 164 valence electrons. The first-order valence-electron chi connectivity index (χ1n) is 11.0. The van der Waals surface area contributed by atoms with E-state index in [2.05, 4.69) is 12.2 Å². The van der Waals surface area contributed by atoms with Crippen LogP contribution in [0.1, 0.15) is 63.9 Å². The van der Waals surface area contributed by atoms with E-state index in [4.69, 9.17) is 5.73 Å². The third kappa shape index (κ3) is 7.30. The number of hydrogen-bond acceptors (Lipinski definition) is 4. The summed E-state index contributed by atoms with van der Waals surface area (Å²) in [6.07, 6.45) is 8.86. The molecule has 1 fully saturated rings. The molecule has 1 aromatic carbocycles. The minimum absolute atomic E-state index is 0.0689. The number of unbranched alkanes of at least 4 members (excludes halogenated alkanes) is 5. The lowest BCUT2D eigenvalue weighted by Gasteiger charge is -2.31. The number of nitrogens with two attached hydrogens (primary N) is 1. The van der Waals surface area contributed by atoms with Crippen molar-refractivity contribution in [2.75, 3.05) is 26.2 Å². The summed E-state index contributed by atoms with van der Waals surface area (Å²) in [5.74, 6) is 0. The number of urea groups is 1. The van der Waals surface area contributed by atoms with Crippen LogP contribution in [0.15, 0.2) is 29.2 Å². The van der Waals surface area contributed by atoms with Gasteiger partial charge in [-0.05, 0) is 49.9 Å². The molecule has 3 N–H and O–H groups in total. The number of piperidine rings is 1. The number of sulfone groups is 1. The van der Waals surface area contributed by atoms with Gasteiger partial charge in [0.1, 0.15) is 0 Å². The van der Waals surface area contributed by atoms with Gasteiger partial charge in [0.25, 0.3) is 0 Å². The Morgan fingerprint density at radius 3 is 2.31 bits per heavy atom. The molecule has 2 rings (SSSR count). The van der Waals surface area contributed by atoms with Crippen molar-refractivity contribution in [3.05, 3.63) is 29.8 Å². The van der Waals surface area contributed by atoms with Crippen molar-refractivity contribution in [3.63, 3.8) is 0 Å². The topological polar surface area (TPSA) is 92.5 Å². The second kappa shape index (κ2) is 12.2. The van der Waals surface area contributed by atoms with Crippen molar-refractivity contribution in [2.24, 2.45) is 5.73 Å². The monoisotopic (exact) mass is 423 g/mol. The van der Waals surface area contributed by atoms with Gasteiger partial charge >= 0.3 is 6.03 Å². The van der Waals surface area contributed by atoms with Gasteiger partial charge < -0.3 is 16.0 Å². The summed E-state index contributed by atoms with van der Waals surface area (Å²) in [5, 5.41) is 2.55. The van der Waals surface area contributed by atoms with Gasteiger partial charge in [0, 0.05) is 19.6 Å².